The highest BCUT2D eigenvalue weighted by atomic mass is 16.3. The van der Waals surface area contributed by atoms with E-state index in [0.717, 1.165) is 24.7 Å². The van der Waals surface area contributed by atoms with Crippen molar-refractivity contribution in [2.45, 2.75) is 24.4 Å². The maximum Gasteiger partial charge on any atom is 0.293 e. The molecule has 0 unspecified atom stereocenters. The Labute approximate surface area is 331 Å². The molecule has 4 atom stereocenters. The van der Waals surface area contributed by atoms with Gasteiger partial charge in [-0.3, -0.25) is 0 Å². The van der Waals surface area contributed by atoms with E-state index in [1.54, 1.807) is 0 Å². The van der Waals surface area contributed by atoms with Crippen LogP contribution in [0.1, 0.15) is 76.8 Å². The minimum atomic E-state index is -3.05. The van der Waals surface area contributed by atoms with Crippen molar-refractivity contribution in [1.29, 1.82) is 11.4 Å². The van der Waals surface area contributed by atoms with Crippen molar-refractivity contribution in [3.05, 3.63) is 119 Å². The van der Waals surface area contributed by atoms with E-state index in [-0.39, 0.29) is 17.4 Å². The van der Waals surface area contributed by atoms with E-state index in [4.69, 9.17) is 47.3 Å². The SMILES string of the molecule is [2H]Oc1c([2H])c([2H])c([2H])c([C@@H](CN([2H])C)O[2H])c1[2H].[2H]Oc1c([2H])c([2H])c([2H])c([C@@]([2H])(CN([2H])C)O[2H])c1[2H].[2H]Oc1c([2H])c([2H])c([2H])c([C@H](O[2H])C([2H])([2H])N([2H])C)c1[2H].[2H]Oc1c([2H])c([2H])c([2H])c([C@]([2H])(O[2H])C([2H])([2H])N([2H])C)c1[2H]. The molecular weight excluding hydrogens is 616 g/mol. The third kappa shape index (κ3) is 17.1. The summed E-state index contributed by atoms with van der Waals surface area (Å²) < 4.78 is 254. The molecule has 0 radical (unpaired) electrons. The Kier molecular flexibility index (Phi) is 6.61. The van der Waals surface area contributed by atoms with Gasteiger partial charge in [0.05, 0.1) is 49.0 Å². The summed E-state index contributed by atoms with van der Waals surface area (Å²) in [6, 6.07) is -10.5. The fourth-order valence-electron chi connectivity index (χ4n) is 2.70. The van der Waals surface area contributed by atoms with Crippen LogP contribution in [0.4, 0.5) is 0 Å². The lowest BCUT2D eigenvalue weighted by atomic mass is 10.1. The van der Waals surface area contributed by atoms with Gasteiger partial charge in [-0.25, -0.2) is 0 Å². The molecule has 0 aromatic heterocycles. The molecule has 0 aliphatic heterocycles. The zero-order valence-corrected chi connectivity index (χ0v) is 25.6. The summed E-state index contributed by atoms with van der Waals surface area (Å²) in [4.78, 5) is 0. The Morgan fingerprint density at radius 2 is 0.958 bits per heavy atom. The highest BCUT2D eigenvalue weighted by Crippen LogP contribution is 2.19. The molecule has 0 aliphatic carbocycles. The van der Waals surface area contributed by atoms with E-state index >= 15 is 0 Å². The van der Waals surface area contributed by atoms with Crippen molar-refractivity contribution < 1.29 is 76.7 Å². The summed E-state index contributed by atoms with van der Waals surface area (Å²) in [5.41, 5.74) is -2.04. The summed E-state index contributed by atoms with van der Waals surface area (Å²) in [5, 5.41) is 35.6. The van der Waals surface area contributed by atoms with Crippen molar-refractivity contribution in [3.8, 4) is 23.0 Å². The second-order valence-electron chi connectivity index (χ2n) is 8.18. The molecule has 0 saturated carbocycles. The average Bonchev–Trinajstić information content (AvgIpc) is 3.39. The van der Waals surface area contributed by atoms with Crippen LogP contribution in [-0.2, 0) is 0 Å². The monoisotopic (exact) mass is 703 g/mol. The van der Waals surface area contributed by atoms with Crippen molar-refractivity contribution in [2.75, 3.05) is 54.3 Å². The fourth-order valence-corrected chi connectivity index (χ4v) is 2.70. The minimum Gasteiger partial charge on any atom is -0.508 e. The molecule has 0 bridgehead atoms. The summed E-state index contributed by atoms with van der Waals surface area (Å²) in [5.74, 6) is -2.47. The summed E-state index contributed by atoms with van der Waals surface area (Å²) in [7, 11) is 4.69. The first-order valence-electron chi connectivity index (χ1n) is 29.0. The van der Waals surface area contributed by atoms with Crippen molar-refractivity contribution in [1.82, 2.24) is 21.2 Å². The smallest absolute Gasteiger partial charge is 0.293 e. The maximum absolute atomic E-state index is 8.02. The predicted molar refractivity (Wildman–Crippen MR) is 188 cm³/mol. The van der Waals surface area contributed by atoms with E-state index in [1.165, 1.54) is 14.1 Å². The molecule has 12 nitrogen and oxygen atoms in total. The predicted octanol–water partition coefficient (Wildman–Crippen LogP) is 2.58. The molecular formula is C36H52N4O8. The third-order valence-corrected chi connectivity index (χ3v) is 4.65. The zero-order valence-electron chi connectivity index (χ0n) is 59.6. The van der Waals surface area contributed by atoms with Gasteiger partial charge in [0, 0.05) is 31.6 Å². The van der Waals surface area contributed by atoms with Crippen LogP contribution in [0.15, 0.2) is 96.7 Å². The number of phenols is 4. The molecule has 48 heavy (non-hydrogen) atoms. The third-order valence-electron chi connectivity index (χ3n) is 4.65. The van der Waals surface area contributed by atoms with Gasteiger partial charge in [-0.05, 0) is 98.8 Å². The van der Waals surface area contributed by atoms with Gasteiger partial charge in [0.1, 0.15) is 28.6 Å². The van der Waals surface area contributed by atoms with Gasteiger partial charge in [-0.15, -0.1) is 0 Å². The van der Waals surface area contributed by atoms with Gasteiger partial charge < -0.3 is 62.1 Å². The molecule has 12 heteroatoms. The molecule has 0 fully saturated rings. The van der Waals surface area contributed by atoms with E-state index in [9.17, 15) is 0 Å². The number of benzene rings is 4. The van der Waals surface area contributed by atoms with Crippen LogP contribution in [0, 0.1) is 0 Å². The number of aromatic hydroxyl groups is 4. The van der Waals surface area contributed by atoms with Gasteiger partial charge in [-0.2, -0.15) is 0 Å². The minimum absolute atomic E-state index is 0.102. The number of aliphatic hydroxyl groups is 4. The van der Waals surface area contributed by atoms with Crippen LogP contribution in [0.25, 0.3) is 0 Å². The first-order valence-corrected chi connectivity index (χ1v) is 12.9. The number of rotatable bonds is 20. The normalized spacial score (nSPS) is 24.8. The van der Waals surface area contributed by atoms with E-state index in [0.29, 0.717) is 5.31 Å². The Morgan fingerprint density at radius 3 is 1.35 bits per heavy atom. The molecule has 0 heterocycles. The van der Waals surface area contributed by atoms with Gasteiger partial charge in [0.15, 0.2) is 0 Å². The van der Waals surface area contributed by atoms with Crippen LogP contribution in [0.5, 0.6) is 23.0 Å². The van der Waals surface area contributed by atoms with Crippen LogP contribution >= 0.6 is 0 Å². The molecule has 4 rings (SSSR count). The number of aliphatic hydroxyl groups excluding tert-OH is 2. The van der Waals surface area contributed by atoms with Gasteiger partial charge in [-0.1, -0.05) is 48.3 Å². The van der Waals surface area contributed by atoms with Crippen LogP contribution in [0.2, 0.25) is 5.65 Å². The molecule has 4 aromatic rings. The lowest BCUT2D eigenvalue weighted by molar-refractivity contribution is 0.177. The molecule has 12 N–H and O–H groups in total. The average molecular weight is 703 g/mol. The molecule has 0 aliphatic rings. The largest absolute Gasteiger partial charge is 0.508 e. The second-order valence-corrected chi connectivity index (χ2v) is 8.18. The lowest BCUT2D eigenvalue weighted by Gasteiger charge is -2.09. The van der Waals surface area contributed by atoms with E-state index < -0.39 is 180 Å². The van der Waals surface area contributed by atoms with Gasteiger partial charge >= 0.3 is 0 Å². The van der Waals surface area contributed by atoms with Crippen molar-refractivity contribution in [3.63, 3.8) is 0 Å². The zero-order chi connectivity index (χ0) is 64.4. The van der Waals surface area contributed by atoms with Crippen molar-refractivity contribution in [2.24, 2.45) is 0 Å². The first-order chi connectivity index (χ1) is 37.6. The quantitative estimate of drug-likeness (QED) is 0.0642. The highest BCUT2D eigenvalue weighted by molar-refractivity contribution is 5.31. The second kappa shape index (κ2) is 24.0. The molecule has 264 valence electrons. The Hall–Kier alpha value is -4.24. The number of nitrogens with one attached hydrogen (secondary N) is 4. The van der Waals surface area contributed by atoms with Gasteiger partial charge in [0.2, 0.25) is 5.72 Å². The first kappa shape index (κ1) is 13.2. The highest BCUT2D eigenvalue weighted by Gasteiger charge is 2.08. The fraction of sp³-hybridized carbons (Fsp3) is 0.333. The Morgan fingerprint density at radius 1 is 0.542 bits per heavy atom. The molecule has 4 aromatic carbocycles. The standard InChI is InChI=1S/4C9H13NO2/c4*1-10-6-9(12)7-3-2-4-8(11)5-7/h4*2-5,9-12H,6H2,1H3/t4*9-/m1111/s1/i2D,3D,4D,5D,6D2,9D,12D;2D,3D,4D,5D,9D,12D;2D,3D,4D,5D,6D2,12D;2D,3D,4D,5D,12D/hD8. The Bertz CT molecular complexity index is 2840. The van der Waals surface area contributed by atoms with E-state index in [1.807, 2.05) is 0 Å². The van der Waals surface area contributed by atoms with Crippen LogP contribution in [0.3, 0.4) is 0 Å². The Balaban J connectivity index is 0.000000547. The maximum atomic E-state index is 8.02. The summed E-state index contributed by atoms with van der Waals surface area (Å²) >= 11 is 0. The number of phenolic OH excluding ortho intramolecular Hbond substituents is 4. The lowest BCUT2D eigenvalue weighted by Crippen LogP contribution is -2.16. The number of hydrogen-bond acceptors (Lipinski definition) is 12. The van der Waals surface area contributed by atoms with Crippen LogP contribution in [-0.4, -0.2) is 107 Å². The van der Waals surface area contributed by atoms with Crippen LogP contribution < -0.4 is 21.2 Å². The van der Waals surface area contributed by atoms with Gasteiger partial charge in [0.25, 0.3) is 5.72 Å². The number of likely N-dealkylation sites (N-methyl/N-ethyl adjacent to an activating group) is 4. The van der Waals surface area contributed by atoms with E-state index in [2.05, 4.69) is 40.9 Å². The van der Waals surface area contributed by atoms with Crippen molar-refractivity contribution >= 4 is 0 Å². The summed E-state index contributed by atoms with van der Waals surface area (Å²) in [6.07, 6.45) is -8.30. The topological polar surface area (TPSA) is 210 Å². The summed E-state index contributed by atoms with van der Waals surface area (Å²) in [6.45, 7) is -6.13. The molecule has 0 amide bonds. The molecule has 0 saturated heterocycles. The number of hydrogen-bond donors (Lipinski definition) is 12. The molecule has 0 spiro atoms.